The van der Waals surface area contributed by atoms with Crippen LogP contribution in [-0.4, -0.2) is 25.5 Å². The van der Waals surface area contributed by atoms with Crippen LogP contribution in [0.4, 0.5) is 0 Å². The lowest BCUT2D eigenvalue weighted by atomic mass is 10.1. The third-order valence-corrected chi connectivity index (χ3v) is 5.50. The summed E-state index contributed by atoms with van der Waals surface area (Å²) in [5.74, 6) is 1.27. The highest BCUT2D eigenvalue weighted by Crippen LogP contribution is 2.18. The van der Waals surface area contributed by atoms with Crippen LogP contribution < -0.4 is 14.2 Å². The number of allylic oxidation sites excluding steroid dienone is 1. The summed E-state index contributed by atoms with van der Waals surface area (Å²) in [7, 11) is 1.61. The number of hydrogen-bond acceptors (Lipinski definition) is 5. The molecule has 0 amide bonds. The number of unbranched alkanes of at least 4 members (excludes halogenated alkanes) is 4. The van der Waals surface area contributed by atoms with Gasteiger partial charge < -0.3 is 14.2 Å². The third kappa shape index (κ3) is 8.45. The van der Waals surface area contributed by atoms with Crippen LogP contribution in [0.3, 0.4) is 0 Å². The molecule has 0 heterocycles. The van der Waals surface area contributed by atoms with Gasteiger partial charge in [0.15, 0.2) is 5.78 Å². The summed E-state index contributed by atoms with van der Waals surface area (Å²) in [5.41, 5.74) is 1.83. The summed E-state index contributed by atoms with van der Waals surface area (Å²) in [4.78, 5) is 24.9. The maximum Gasteiger partial charge on any atom is 0.343 e. The first-order valence-corrected chi connectivity index (χ1v) is 12.0. The van der Waals surface area contributed by atoms with Gasteiger partial charge in [-0.25, -0.2) is 4.79 Å². The zero-order valence-electron chi connectivity index (χ0n) is 20.4. The molecule has 0 aliphatic heterocycles. The number of carbonyl (C=O) groups is 2. The van der Waals surface area contributed by atoms with Crippen molar-refractivity contribution in [3.8, 4) is 17.2 Å². The minimum Gasteiger partial charge on any atom is -0.497 e. The molecule has 182 valence electrons. The van der Waals surface area contributed by atoms with E-state index in [1.807, 2.05) is 24.3 Å². The van der Waals surface area contributed by atoms with Crippen molar-refractivity contribution >= 4 is 17.8 Å². The summed E-state index contributed by atoms with van der Waals surface area (Å²) >= 11 is 0. The third-order valence-electron chi connectivity index (χ3n) is 5.50. The number of carbonyl (C=O) groups excluding carboxylic acids is 2. The second-order valence-electron chi connectivity index (χ2n) is 8.17. The Balaban J connectivity index is 1.48. The van der Waals surface area contributed by atoms with Crippen molar-refractivity contribution in [2.24, 2.45) is 0 Å². The van der Waals surface area contributed by atoms with Crippen molar-refractivity contribution in [3.05, 3.63) is 95.6 Å². The molecule has 0 spiro atoms. The van der Waals surface area contributed by atoms with Gasteiger partial charge in [0.25, 0.3) is 0 Å². The normalized spacial score (nSPS) is 10.8. The first-order chi connectivity index (χ1) is 17.1. The number of hydrogen-bond donors (Lipinski definition) is 0. The molecule has 3 aromatic carbocycles. The Bertz CT molecular complexity index is 1100. The Labute approximate surface area is 207 Å². The van der Waals surface area contributed by atoms with Crippen molar-refractivity contribution in [1.29, 1.82) is 0 Å². The van der Waals surface area contributed by atoms with Crippen molar-refractivity contribution in [2.45, 2.75) is 39.0 Å². The minimum atomic E-state index is -0.463. The molecule has 35 heavy (non-hydrogen) atoms. The smallest absolute Gasteiger partial charge is 0.343 e. The summed E-state index contributed by atoms with van der Waals surface area (Å²) in [5, 5.41) is 0. The highest BCUT2D eigenvalue weighted by molar-refractivity contribution is 6.06. The van der Waals surface area contributed by atoms with Crippen molar-refractivity contribution in [3.63, 3.8) is 0 Å². The van der Waals surface area contributed by atoms with Crippen LogP contribution in [0.1, 0.15) is 65.3 Å². The van der Waals surface area contributed by atoms with E-state index in [0.717, 1.165) is 23.5 Å². The van der Waals surface area contributed by atoms with Gasteiger partial charge in [-0.2, -0.15) is 0 Å². The Morgan fingerprint density at radius 1 is 0.714 bits per heavy atom. The average molecular weight is 473 g/mol. The van der Waals surface area contributed by atoms with E-state index in [2.05, 4.69) is 6.92 Å². The SMILES string of the molecule is CCCCCCCOc1ccc(C(=O)Oc2ccc(C(=O)/C=C/c3ccc(OC)cc3)cc2)cc1. The fourth-order valence-corrected chi connectivity index (χ4v) is 3.42. The number of methoxy groups -OCH3 is 1. The van der Waals surface area contributed by atoms with Gasteiger partial charge in [0.1, 0.15) is 17.2 Å². The van der Waals surface area contributed by atoms with Gasteiger partial charge in [-0.05, 0) is 78.7 Å². The average Bonchev–Trinajstić information content (AvgIpc) is 2.90. The van der Waals surface area contributed by atoms with Gasteiger partial charge >= 0.3 is 5.97 Å². The number of rotatable bonds is 13. The van der Waals surface area contributed by atoms with E-state index in [9.17, 15) is 9.59 Å². The summed E-state index contributed by atoms with van der Waals surface area (Å²) in [6.07, 6.45) is 9.18. The van der Waals surface area contributed by atoms with Crippen molar-refractivity contribution in [2.75, 3.05) is 13.7 Å². The summed E-state index contributed by atoms with van der Waals surface area (Å²) in [6, 6.07) is 20.9. The maximum atomic E-state index is 12.5. The van der Waals surface area contributed by atoms with E-state index in [0.29, 0.717) is 23.5 Å². The molecule has 3 aromatic rings. The van der Waals surface area contributed by atoms with E-state index in [1.165, 1.54) is 31.8 Å². The maximum absolute atomic E-state index is 12.5. The standard InChI is InChI=1S/C30H32O5/c1-3-4-5-6-7-22-34-27-17-13-25(14-18-27)30(32)35-28-19-11-24(12-20-28)29(31)21-10-23-8-15-26(33-2)16-9-23/h8-21H,3-7,22H2,1-2H3/b21-10+. The van der Waals surface area contributed by atoms with Gasteiger partial charge in [-0.1, -0.05) is 50.8 Å². The molecule has 0 N–H and O–H groups in total. The minimum absolute atomic E-state index is 0.139. The van der Waals surface area contributed by atoms with E-state index < -0.39 is 5.97 Å². The summed E-state index contributed by atoms with van der Waals surface area (Å²) < 4.78 is 16.3. The molecular weight excluding hydrogens is 440 g/mol. The Morgan fingerprint density at radius 2 is 1.31 bits per heavy atom. The van der Waals surface area contributed by atoms with E-state index >= 15 is 0 Å². The van der Waals surface area contributed by atoms with E-state index in [1.54, 1.807) is 61.7 Å². The molecule has 0 atom stereocenters. The lowest BCUT2D eigenvalue weighted by Gasteiger charge is -2.08. The number of benzene rings is 3. The predicted octanol–water partition coefficient (Wildman–Crippen LogP) is 7.16. The van der Waals surface area contributed by atoms with Gasteiger partial charge in [0, 0.05) is 5.56 Å². The number of ether oxygens (including phenoxy) is 3. The Morgan fingerprint density at radius 3 is 1.97 bits per heavy atom. The Hall–Kier alpha value is -3.86. The molecule has 0 aliphatic carbocycles. The van der Waals surface area contributed by atoms with Crippen LogP contribution in [0.2, 0.25) is 0 Å². The molecule has 5 nitrogen and oxygen atoms in total. The largest absolute Gasteiger partial charge is 0.497 e. The van der Waals surface area contributed by atoms with Gasteiger partial charge in [-0.15, -0.1) is 0 Å². The van der Waals surface area contributed by atoms with Crippen LogP contribution in [0.15, 0.2) is 78.9 Å². The molecule has 0 fully saturated rings. The second-order valence-corrected chi connectivity index (χ2v) is 8.17. The van der Waals surface area contributed by atoms with Crippen LogP contribution in [0.25, 0.3) is 6.08 Å². The van der Waals surface area contributed by atoms with Crippen molar-refractivity contribution < 1.29 is 23.8 Å². The fourth-order valence-electron chi connectivity index (χ4n) is 3.42. The van der Waals surface area contributed by atoms with Crippen molar-refractivity contribution in [1.82, 2.24) is 0 Å². The highest BCUT2D eigenvalue weighted by Gasteiger charge is 2.10. The predicted molar refractivity (Wildman–Crippen MR) is 138 cm³/mol. The van der Waals surface area contributed by atoms with Gasteiger partial charge in [0.2, 0.25) is 0 Å². The van der Waals surface area contributed by atoms with E-state index in [4.69, 9.17) is 14.2 Å². The van der Waals surface area contributed by atoms with Crippen LogP contribution in [0.5, 0.6) is 17.2 Å². The quantitative estimate of drug-likeness (QED) is 0.0868. The molecule has 0 aromatic heterocycles. The molecule has 0 unspecified atom stereocenters. The van der Waals surface area contributed by atoms with Crippen LogP contribution in [0, 0.1) is 0 Å². The van der Waals surface area contributed by atoms with Crippen LogP contribution >= 0.6 is 0 Å². The molecule has 3 rings (SSSR count). The molecular formula is C30H32O5. The zero-order chi connectivity index (χ0) is 24.9. The van der Waals surface area contributed by atoms with Crippen LogP contribution in [-0.2, 0) is 0 Å². The highest BCUT2D eigenvalue weighted by atomic mass is 16.5. The molecule has 0 bridgehead atoms. The summed E-state index contributed by atoms with van der Waals surface area (Å²) in [6.45, 7) is 2.87. The van der Waals surface area contributed by atoms with E-state index in [-0.39, 0.29) is 5.78 Å². The molecule has 0 saturated heterocycles. The number of ketones is 1. The topological polar surface area (TPSA) is 61.8 Å². The first-order valence-electron chi connectivity index (χ1n) is 12.0. The van der Waals surface area contributed by atoms with Gasteiger partial charge in [-0.3, -0.25) is 4.79 Å². The zero-order valence-corrected chi connectivity index (χ0v) is 20.4. The Kier molecular flexibility index (Phi) is 10.1. The molecule has 0 radical (unpaired) electrons. The lowest BCUT2D eigenvalue weighted by molar-refractivity contribution is 0.0734. The molecule has 0 saturated carbocycles. The fraction of sp³-hybridized carbons (Fsp3) is 0.267. The second kappa shape index (κ2) is 13.8. The number of esters is 1. The first kappa shape index (κ1) is 25.8. The van der Waals surface area contributed by atoms with Gasteiger partial charge in [0.05, 0.1) is 19.3 Å². The lowest BCUT2D eigenvalue weighted by Crippen LogP contribution is -2.08. The monoisotopic (exact) mass is 472 g/mol. The molecule has 5 heteroatoms. The molecule has 0 aliphatic rings.